The molecule has 1 aliphatic rings. The minimum Gasteiger partial charge on any atom is -0.493 e. The molecule has 0 unspecified atom stereocenters. The summed E-state index contributed by atoms with van der Waals surface area (Å²) in [5.41, 5.74) is 2.83. The van der Waals surface area contributed by atoms with Gasteiger partial charge in [-0.2, -0.15) is 0 Å². The molecule has 0 saturated carbocycles. The predicted octanol–water partition coefficient (Wildman–Crippen LogP) is 4.04. The van der Waals surface area contributed by atoms with Gasteiger partial charge in [-0.1, -0.05) is 18.2 Å². The maximum Gasteiger partial charge on any atom is 0.315 e. The van der Waals surface area contributed by atoms with Crippen LogP contribution in [-0.2, 0) is 13.0 Å². The van der Waals surface area contributed by atoms with E-state index in [-0.39, 0.29) is 30.0 Å². The molecule has 0 aliphatic carbocycles. The van der Waals surface area contributed by atoms with Crippen LogP contribution >= 0.6 is 0 Å². The molecule has 0 bridgehead atoms. The number of nitrogens with one attached hydrogen (secondary N) is 2. The fourth-order valence-corrected chi connectivity index (χ4v) is 4.23. The summed E-state index contributed by atoms with van der Waals surface area (Å²) in [6.45, 7) is 7.00. The molecule has 2 aromatic rings. The number of rotatable bonds is 7. The summed E-state index contributed by atoms with van der Waals surface area (Å²) in [5, 5.41) is 5.94. The topological polar surface area (TPSA) is 62.8 Å². The van der Waals surface area contributed by atoms with Crippen molar-refractivity contribution in [2.45, 2.75) is 51.9 Å². The summed E-state index contributed by atoms with van der Waals surface area (Å²) in [4.78, 5) is 14.6. The first-order valence-electron chi connectivity index (χ1n) is 10.6. The lowest BCUT2D eigenvalue weighted by atomic mass is 9.87. The summed E-state index contributed by atoms with van der Waals surface area (Å²) < 4.78 is 25.4. The third-order valence-electron chi connectivity index (χ3n) is 5.61. The third-order valence-corrected chi connectivity index (χ3v) is 5.61. The molecular weight excluding hydrogens is 397 g/mol. The number of ether oxygens (including phenoxy) is 2. The smallest absolute Gasteiger partial charge is 0.315 e. The van der Waals surface area contributed by atoms with Gasteiger partial charge in [0.2, 0.25) is 0 Å². The predicted molar refractivity (Wildman–Crippen MR) is 119 cm³/mol. The number of hydrogen-bond acceptors (Lipinski definition) is 4. The first kappa shape index (κ1) is 22.9. The monoisotopic (exact) mass is 429 g/mol. The SMILES string of the molecule is COc1cc2c(cc1OC)[C@H]([C@H](C)NC(=O)NC(C)C)N(Cc1ccccc1F)CC2. The Bertz CT molecular complexity index is 919. The zero-order valence-corrected chi connectivity index (χ0v) is 18.9. The zero-order chi connectivity index (χ0) is 22.5. The number of halogens is 1. The van der Waals surface area contributed by atoms with E-state index in [0.717, 1.165) is 24.1 Å². The number of benzene rings is 2. The van der Waals surface area contributed by atoms with Crippen molar-refractivity contribution in [2.75, 3.05) is 20.8 Å². The van der Waals surface area contributed by atoms with Crippen molar-refractivity contribution in [3.05, 3.63) is 58.9 Å². The van der Waals surface area contributed by atoms with Gasteiger partial charge in [-0.25, -0.2) is 9.18 Å². The van der Waals surface area contributed by atoms with Crippen LogP contribution in [0.5, 0.6) is 11.5 Å². The minimum atomic E-state index is -0.225. The van der Waals surface area contributed by atoms with Gasteiger partial charge in [-0.3, -0.25) is 4.90 Å². The quantitative estimate of drug-likeness (QED) is 0.697. The molecule has 0 saturated heterocycles. The van der Waals surface area contributed by atoms with Gasteiger partial charge >= 0.3 is 6.03 Å². The highest BCUT2D eigenvalue weighted by Crippen LogP contribution is 2.40. The van der Waals surface area contributed by atoms with E-state index in [1.807, 2.05) is 39.0 Å². The molecule has 168 valence electrons. The van der Waals surface area contributed by atoms with Crippen LogP contribution in [0, 0.1) is 5.82 Å². The van der Waals surface area contributed by atoms with E-state index in [0.29, 0.717) is 23.6 Å². The van der Waals surface area contributed by atoms with E-state index in [9.17, 15) is 9.18 Å². The Hall–Kier alpha value is -2.80. The minimum absolute atomic E-state index is 0.0321. The molecule has 7 heteroatoms. The van der Waals surface area contributed by atoms with Crippen molar-refractivity contribution in [3.63, 3.8) is 0 Å². The number of fused-ring (bicyclic) bond motifs is 1. The first-order valence-corrected chi connectivity index (χ1v) is 10.6. The average Bonchev–Trinajstić information content (AvgIpc) is 2.73. The van der Waals surface area contributed by atoms with Crippen molar-refractivity contribution in [2.24, 2.45) is 0 Å². The van der Waals surface area contributed by atoms with Crippen LogP contribution in [0.3, 0.4) is 0 Å². The maximum absolute atomic E-state index is 14.4. The highest BCUT2D eigenvalue weighted by molar-refractivity contribution is 5.74. The second kappa shape index (κ2) is 10.0. The van der Waals surface area contributed by atoms with Crippen LogP contribution in [-0.4, -0.2) is 43.8 Å². The van der Waals surface area contributed by atoms with E-state index >= 15 is 0 Å². The Kier molecular flexibility index (Phi) is 7.38. The number of carbonyl (C=O) groups excluding carboxylic acids is 1. The molecule has 0 radical (unpaired) electrons. The van der Waals surface area contributed by atoms with Crippen molar-refractivity contribution in [1.29, 1.82) is 0 Å². The van der Waals surface area contributed by atoms with Gasteiger partial charge < -0.3 is 20.1 Å². The Morgan fingerprint density at radius 2 is 1.81 bits per heavy atom. The summed E-state index contributed by atoms with van der Waals surface area (Å²) in [5.74, 6) is 1.09. The highest BCUT2D eigenvalue weighted by Gasteiger charge is 2.34. The van der Waals surface area contributed by atoms with E-state index in [1.165, 1.54) is 6.07 Å². The molecule has 2 atom stereocenters. The standard InChI is InChI=1S/C24H32FN3O3/c1-15(2)26-24(29)27-16(3)23-19-13-22(31-5)21(30-4)12-17(19)10-11-28(23)14-18-8-6-7-9-20(18)25/h6-9,12-13,15-16,23H,10-11,14H2,1-5H3,(H2,26,27,29)/t16-,23-/m0/s1. The van der Waals surface area contributed by atoms with Crippen LogP contribution in [0.1, 0.15) is 43.5 Å². The van der Waals surface area contributed by atoms with Crippen LogP contribution < -0.4 is 20.1 Å². The molecule has 3 rings (SSSR count). The molecule has 2 N–H and O–H groups in total. The van der Waals surface area contributed by atoms with E-state index in [1.54, 1.807) is 26.4 Å². The van der Waals surface area contributed by atoms with Crippen LogP contribution in [0.2, 0.25) is 0 Å². The summed E-state index contributed by atoms with van der Waals surface area (Å²) in [6, 6.07) is 10.2. The van der Waals surface area contributed by atoms with Crippen molar-refractivity contribution >= 4 is 6.03 Å². The van der Waals surface area contributed by atoms with Gasteiger partial charge in [0.05, 0.1) is 20.3 Å². The van der Waals surface area contributed by atoms with Gasteiger partial charge in [-0.05, 0) is 56.5 Å². The molecule has 0 fully saturated rings. The Labute approximate surface area is 183 Å². The Morgan fingerprint density at radius 1 is 1.13 bits per heavy atom. The van der Waals surface area contributed by atoms with Crippen molar-refractivity contribution in [3.8, 4) is 11.5 Å². The summed E-state index contributed by atoms with van der Waals surface area (Å²) in [7, 11) is 3.23. The number of hydrogen-bond donors (Lipinski definition) is 2. The number of amides is 2. The molecule has 0 aromatic heterocycles. The van der Waals surface area contributed by atoms with Gasteiger partial charge in [0.15, 0.2) is 11.5 Å². The molecule has 31 heavy (non-hydrogen) atoms. The molecule has 2 aromatic carbocycles. The lowest BCUT2D eigenvalue weighted by Gasteiger charge is -2.41. The highest BCUT2D eigenvalue weighted by atomic mass is 19.1. The fraction of sp³-hybridized carbons (Fsp3) is 0.458. The normalized spacial score (nSPS) is 17.1. The Balaban J connectivity index is 1.97. The lowest BCUT2D eigenvalue weighted by molar-refractivity contribution is 0.141. The summed E-state index contributed by atoms with van der Waals surface area (Å²) >= 11 is 0. The fourth-order valence-electron chi connectivity index (χ4n) is 4.23. The largest absolute Gasteiger partial charge is 0.493 e. The van der Waals surface area contributed by atoms with Gasteiger partial charge in [0.25, 0.3) is 0 Å². The van der Waals surface area contributed by atoms with Crippen LogP contribution in [0.4, 0.5) is 9.18 Å². The Morgan fingerprint density at radius 3 is 2.45 bits per heavy atom. The average molecular weight is 430 g/mol. The van der Waals surface area contributed by atoms with Gasteiger partial charge in [0, 0.05) is 30.7 Å². The second-order valence-electron chi connectivity index (χ2n) is 8.22. The van der Waals surface area contributed by atoms with E-state index in [2.05, 4.69) is 15.5 Å². The lowest BCUT2D eigenvalue weighted by Crippen LogP contribution is -2.50. The molecule has 2 amide bonds. The van der Waals surface area contributed by atoms with E-state index in [4.69, 9.17) is 9.47 Å². The van der Waals surface area contributed by atoms with Crippen LogP contribution in [0.25, 0.3) is 0 Å². The zero-order valence-electron chi connectivity index (χ0n) is 18.9. The molecule has 1 aliphatic heterocycles. The van der Waals surface area contributed by atoms with Crippen molar-refractivity contribution in [1.82, 2.24) is 15.5 Å². The molecular formula is C24H32FN3O3. The van der Waals surface area contributed by atoms with Gasteiger partial charge in [0.1, 0.15) is 5.82 Å². The maximum atomic E-state index is 14.4. The summed E-state index contributed by atoms with van der Waals surface area (Å²) in [6.07, 6.45) is 0.797. The third kappa shape index (κ3) is 5.28. The molecule has 1 heterocycles. The number of methoxy groups -OCH3 is 2. The van der Waals surface area contributed by atoms with E-state index < -0.39 is 0 Å². The molecule has 0 spiro atoms. The number of nitrogens with zero attached hydrogens (tertiary/aromatic N) is 1. The van der Waals surface area contributed by atoms with Crippen molar-refractivity contribution < 1.29 is 18.7 Å². The molecule has 6 nitrogen and oxygen atoms in total. The van der Waals surface area contributed by atoms with Gasteiger partial charge in [-0.15, -0.1) is 0 Å². The second-order valence-corrected chi connectivity index (χ2v) is 8.22. The number of urea groups is 1. The van der Waals surface area contributed by atoms with Crippen LogP contribution in [0.15, 0.2) is 36.4 Å². The first-order chi connectivity index (χ1) is 14.8. The number of carbonyl (C=O) groups is 1.